The molecular formula is C11H16N2O3. The van der Waals surface area contributed by atoms with E-state index in [-0.39, 0.29) is 5.82 Å². The highest BCUT2D eigenvalue weighted by molar-refractivity contribution is 5.85. The SMILES string of the molecule is CC(C)(C)OC(=O)c1ncc(CCC=O)[nH]1. The first-order chi connectivity index (χ1) is 7.42. The minimum absolute atomic E-state index is 0.177. The lowest BCUT2D eigenvalue weighted by Gasteiger charge is -2.18. The van der Waals surface area contributed by atoms with Crippen LogP contribution in [0.1, 0.15) is 43.5 Å². The van der Waals surface area contributed by atoms with E-state index in [0.717, 1.165) is 12.0 Å². The van der Waals surface area contributed by atoms with Crippen LogP contribution in [0.5, 0.6) is 0 Å². The summed E-state index contributed by atoms with van der Waals surface area (Å²) >= 11 is 0. The van der Waals surface area contributed by atoms with Crippen molar-refractivity contribution in [3.63, 3.8) is 0 Å². The molecule has 1 aromatic rings. The normalized spacial score (nSPS) is 11.2. The maximum Gasteiger partial charge on any atom is 0.374 e. The van der Waals surface area contributed by atoms with Gasteiger partial charge in [-0.3, -0.25) is 0 Å². The van der Waals surface area contributed by atoms with Gasteiger partial charge in [-0.05, 0) is 27.2 Å². The van der Waals surface area contributed by atoms with Crippen molar-refractivity contribution in [3.05, 3.63) is 17.7 Å². The van der Waals surface area contributed by atoms with Gasteiger partial charge in [0.2, 0.25) is 5.82 Å². The van der Waals surface area contributed by atoms with E-state index in [4.69, 9.17) is 4.74 Å². The lowest BCUT2D eigenvalue weighted by molar-refractivity contribution is -0.107. The van der Waals surface area contributed by atoms with E-state index in [1.807, 2.05) is 0 Å². The number of carbonyl (C=O) groups is 2. The molecule has 0 fully saturated rings. The highest BCUT2D eigenvalue weighted by Gasteiger charge is 2.19. The van der Waals surface area contributed by atoms with Gasteiger partial charge < -0.3 is 14.5 Å². The molecule has 0 saturated heterocycles. The standard InChI is InChI=1S/C11H16N2O3/c1-11(2,3)16-10(15)9-12-7-8(13-9)5-4-6-14/h6-7H,4-5H2,1-3H3,(H,12,13). The summed E-state index contributed by atoms with van der Waals surface area (Å²) in [5, 5.41) is 0. The zero-order valence-corrected chi connectivity index (χ0v) is 9.74. The van der Waals surface area contributed by atoms with Crippen LogP contribution in [0.2, 0.25) is 0 Å². The van der Waals surface area contributed by atoms with Gasteiger partial charge in [0.1, 0.15) is 11.9 Å². The van der Waals surface area contributed by atoms with Gasteiger partial charge in [0.25, 0.3) is 0 Å². The lowest BCUT2D eigenvalue weighted by atomic mass is 10.2. The van der Waals surface area contributed by atoms with E-state index in [2.05, 4.69) is 9.97 Å². The molecule has 88 valence electrons. The van der Waals surface area contributed by atoms with Crippen LogP contribution in [0.25, 0.3) is 0 Å². The molecule has 0 aromatic carbocycles. The predicted octanol–water partition coefficient (Wildman–Crippen LogP) is 1.50. The first-order valence-corrected chi connectivity index (χ1v) is 5.13. The summed E-state index contributed by atoms with van der Waals surface area (Å²) in [6, 6.07) is 0. The van der Waals surface area contributed by atoms with Crippen LogP contribution in [0.3, 0.4) is 0 Å². The topological polar surface area (TPSA) is 72.0 Å². The second-order valence-electron chi connectivity index (χ2n) is 4.46. The van der Waals surface area contributed by atoms with Crippen molar-refractivity contribution < 1.29 is 14.3 Å². The molecule has 5 heteroatoms. The molecule has 0 atom stereocenters. The number of esters is 1. The van der Waals surface area contributed by atoms with Gasteiger partial charge in [-0.25, -0.2) is 9.78 Å². The fourth-order valence-electron chi connectivity index (χ4n) is 1.13. The molecule has 0 saturated carbocycles. The number of nitrogens with zero attached hydrogens (tertiary/aromatic N) is 1. The number of nitrogens with one attached hydrogen (secondary N) is 1. The van der Waals surface area contributed by atoms with Crippen LogP contribution in [0, 0.1) is 0 Å². The summed E-state index contributed by atoms with van der Waals surface area (Å²) in [6.45, 7) is 5.38. The molecule has 1 aromatic heterocycles. The fourth-order valence-corrected chi connectivity index (χ4v) is 1.13. The van der Waals surface area contributed by atoms with Crippen LogP contribution in [-0.2, 0) is 16.0 Å². The zero-order valence-electron chi connectivity index (χ0n) is 9.74. The molecule has 0 radical (unpaired) electrons. The van der Waals surface area contributed by atoms with Gasteiger partial charge in [-0.15, -0.1) is 0 Å². The minimum atomic E-state index is -0.535. The smallest absolute Gasteiger partial charge is 0.374 e. The van der Waals surface area contributed by atoms with E-state index in [0.29, 0.717) is 12.8 Å². The molecule has 0 amide bonds. The van der Waals surface area contributed by atoms with Gasteiger partial charge in [0, 0.05) is 18.3 Å². The molecule has 0 bridgehead atoms. The predicted molar refractivity (Wildman–Crippen MR) is 58.1 cm³/mol. The van der Waals surface area contributed by atoms with Crippen molar-refractivity contribution in [2.75, 3.05) is 0 Å². The van der Waals surface area contributed by atoms with Crippen molar-refractivity contribution in [1.29, 1.82) is 0 Å². The quantitative estimate of drug-likeness (QED) is 0.621. The van der Waals surface area contributed by atoms with Crippen LogP contribution in [0.15, 0.2) is 6.20 Å². The van der Waals surface area contributed by atoms with E-state index < -0.39 is 11.6 Å². The Morgan fingerprint density at radius 2 is 2.25 bits per heavy atom. The largest absolute Gasteiger partial charge is 0.454 e. The molecule has 0 spiro atoms. The van der Waals surface area contributed by atoms with Crippen molar-refractivity contribution in [2.45, 2.75) is 39.2 Å². The average molecular weight is 224 g/mol. The van der Waals surface area contributed by atoms with Crippen molar-refractivity contribution >= 4 is 12.3 Å². The number of aryl methyl sites for hydroxylation is 1. The van der Waals surface area contributed by atoms with Crippen molar-refractivity contribution in [2.24, 2.45) is 0 Å². The third-order valence-corrected chi connectivity index (χ3v) is 1.75. The number of ether oxygens (including phenoxy) is 1. The maximum absolute atomic E-state index is 11.6. The third-order valence-electron chi connectivity index (χ3n) is 1.75. The van der Waals surface area contributed by atoms with Gasteiger partial charge in [-0.2, -0.15) is 0 Å². The molecule has 1 rings (SSSR count). The molecule has 0 aliphatic heterocycles. The number of aromatic nitrogens is 2. The van der Waals surface area contributed by atoms with Crippen LogP contribution < -0.4 is 0 Å². The summed E-state index contributed by atoms with van der Waals surface area (Å²) in [6.07, 6.45) is 3.34. The fraction of sp³-hybridized carbons (Fsp3) is 0.545. The number of aldehydes is 1. The number of hydrogen-bond acceptors (Lipinski definition) is 4. The first kappa shape index (κ1) is 12.4. The lowest BCUT2D eigenvalue weighted by Crippen LogP contribution is -2.24. The van der Waals surface area contributed by atoms with Gasteiger partial charge in [-0.1, -0.05) is 0 Å². The van der Waals surface area contributed by atoms with Gasteiger partial charge in [0.05, 0.1) is 0 Å². The number of H-pyrrole nitrogens is 1. The number of aromatic amines is 1. The second-order valence-corrected chi connectivity index (χ2v) is 4.46. The summed E-state index contributed by atoms with van der Waals surface area (Å²) in [5.74, 6) is -0.305. The molecule has 5 nitrogen and oxygen atoms in total. The molecule has 0 aliphatic carbocycles. The monoisotopic (exact) mass is 224 g/mol. The van der Waals surface area contributed by atoms with Crippen LogP contribution >= 0.6 is 0 Å². The third kappa shape index (κ3) is 3.84. The first-order valence-electron chi connectivity index (χ1n) is 5.13. The van der Waals surface area contributed by atoms with Crippen molar-refractivity contribution in [1.82, 2.24) is 9.97 Å². The minimum Gasteiger partial charge on any atom is -0.454 e. The summed E-state index contributed by atoms with van der Waals surface area (Å²) in [7, 11) is 0. The zero-order chi connectivity index (χ0) is 12.2. The summed E-state index contributed by atoms with van der Waals surface area (Å²) < 4.78 is 5.14. The van der Waals surface area contributed by atoms with E-state index >= 15 is 0 Å². The molecule has 1 N–H and O–H groups in total. The highest BCUT2D eigenvalue weighted by Crippen LogP contribution is 2.10. The van der Waals surface area contributed by atoms with Crippen LogP contribution in [-0.4, -0.2) is 27.8 Å². The Balaban J connectivity index is 2.63. The van der Waals surface area contributed by atoms with E-state index in [9.17, 15) is 9.59 Å². The van der Waals surface area contributed by atoms with Crippen molar-refractivity contribution in [3.8, 4) is 0 Å². The Kier molecular flexibility index (Phi) is 3.82. The Morgan fingerprint density at radius 3 is 2.81 bits per heavy atom. The molecule has 0 unspecified atom stereocenters. The van der Waals surface area contributed by atoms with Crippen LogP contribution in [0.4, 0.5) is 0 Å². The van der Waals surface area contributed by atoms with Gasteiger partial charge >= 0.3 is 5.97 Å². The number of carbonyl (C=O) groups excluding carboxylic acids is 2. The number of hydrogen-bond donors (Lipinski definition) is 1. The van der Waals surface area contributed by atoms with Gasteiger partial charge in [0.15, 0.2) is 0 Å². The molecular weight excluding hydrogens is 208 g/mol. The Morgan fingerprint density at radius 1 is 1.56 bits per heavy atom. The van der Waals surface area contributed by atoms with E-state index in [1.54, 1.807) is 27.0 Å². The maximum atomic E-state index is 11.6. The Bertz CT molecular complexity index is 377. The highest BCUT2D eigenvalue weighted by atomic mass is 16.6. The molecule has 16 heavy (non-hydrogen) atoms. The summed E-state index contributed by atoms with van der Waals surface area (Å²) in [4.78, 5) is 28.5. The molecule has 1 heterocycles. The number of rotatable bonds is 4. The average Bonchev–Trinajstić information content (AvgIpc) is 2.60. The molecule has 0 aliphatic rings. The summed E-state index contributed by atoms with van der Waals surface area (Å²) in [5.41, 5.74) is 0.222. The van der Waals surface area contributed by atoms with E-state index in [1.165, 1.54) is 0 Å². The Labute approximate surface area is 94.2 Å². The number of imidazole rings is 1. The second kappa shape index (κ2) is 4.92. The Hall–Kier alpha value is -1.65.